The zero-order valence-electron chi connectivity index (χ0n) is 17.3. The highest BCUT2D eigenvalue weighted by molar-refractivity contribution is 7.97. The van der Waals surface area contributed by atoms with Crippen molar-refractivity contribution in [2.75, 3.05) is 18.2 Å². The first kappa shape index (κ1) is 21.4. The summed E-state index contributed by atoms with van der Waals surface area (Å²) in [5, 5.41) is 3.14. The number of thioether (sulfide) groups is 1. The van der Waals surface area contributed by atoms with Crippen LogP contribution in [0.2, 0.25) is 0 Å². The maximum atomic E-state index is 14.6. The summed E-state index contributed by atoms with van der Waals surface area (Å²) in [7, 11) is 0. The van der Waals surface area contributed by atoms with Crippen LogP contribution in [0.3, 0.4) is 0 Å². The summed E-state index contributed by atoms with van der Waals surface area (Å²) in [5.41, 5.74) is 1.86. The standard InChI is InChI=1S/C23H23F2N3O2S/c1-14-4-3-7-29-20-10-16(5-6-18(20)24)17-11-21(26-12-19(17)25)27-22-8-15(13-31-2)9-23(28-22)30-14/h5-6,8-12,14H,3-4,7,13H2,1-2H3,(H,26,27,28)/t14-/m1/s1. The molecule has 1 atom stereocenters. The molecule has 1 aromatic carbocycles. The lowest BCUT2D eigenvalue weighted by Crippen LogP contribution is -2.15. The Kier molecular flexibility index (Phi) is 6.56. The molecule has 0 saturated carbocycles. The minimum absolute atomic E-state index is 0.0897. The molecule has 0 fully saturated rings. The molecule has 0 saturated heterocycles. The number of nitrogens with zero attached hydrogens (tertiary/aromatic N) is 2. The van der Waals surface area contributed by atoms with Crippen LogP contribution in [0.5, 0.6) is 11.6 Å². The molecule has 1 N–H and O–H groups in total. The number of anilines is 2. The van der Waals surface area contributed by atoms with Gasteiger partial charge in [0.15, 0.2) is 11.6 Å². The van der Waals surface area contributed by atoms with Crippen molar-refractivity contribution >= 4 is 23.4 Å². The third-order valence-electron chi connectivity index (χ3n) is 4.86. The molecule has 0 amide bonds. The molecule has 4 rings (SSSR count). The Balaban J connectivity index is 1.77. The number of fused-ring (bicyclic) bond motifs is 7. The van der Waals surface area contributed by atoms with Gasteiger partial charge in [0.2, 0.25) is 5.88 Å². The molecule has 8 heteroatoms. The van der Waals surface area contributed by atoms with E-state index in [1.807, 2.05) is 25.3 Å². The number of pyridine rings is 2. The maximum absolute atomic E-state index is 14.6. The average molecular weight is 444 g/mol. The third kappa shape index (κ3) is 5.25. The number of halogens is 2. The summed E-state index contributed by atoms with van der Waals surface area (Å²) in [4.78, 5) is 8.69. The van der Waals surface area contributed by atoms with E-state index in [1.165, 1.54) is 18.2 Å². The van der Waals surface area contributed by atoms with Crippen molar-refractivity contribution in [3.63, 3.8) is 0 Å². The molecule has 5 nitrogen and oxygen atoms in total. The van der Waals surface area contributed by atoms with E-state index < -0.39 is 11.6 Å². The van der Waals surface area contributed by atoms with E-state index in [9.17, 15) is 8.78 Å². The Labute approximate surface area is 184 Å². The summed E-state index contributed by atoms with van der Waals surface area (Å²) in [6, 6.07) is 9.74. The Bertz CT molecular complexity index is 1080. The summed E-state index contributed by atoms with van der Waals surface area (Å²) in [5.74, 6) is 1.40. The molecule has 1 aliphatic heterocycles. The number of nitrogens with one attached hydrogen (secondary N) is 1. The highest BCUT2D eigenvalue weighted by Gasteiger charge is 2.14. The fourth-order valence-electron chi connectivity index (χ4n) is 3.39. The van der Waals surface area contributed by atoms with E-state index in [0.29, 0.717) is 48.1 Å². The molecule has 0 unspecified atom stereocenters. The van der Waals surface area contributed by atoms with Gasteiger partial charge in [0, 0.05) is 17.4 Å². The molecular weight excluding hydrogens is 420 g/mol. The summed E-state index contributed by atoms with van der Waals surface area (Å²) < 4.78 is 40.4. The van der Waals surface area contributed by atoms with Crippen LogP contribution in [-0.2, 0) is 5.75 Å². The van der Waals surface area contributed by atoms with E-state index >= 15 is 0 Å². The van der Waals surface area contributed by atoms with Crippen molar-refractivity contribution in [2.45, 2.75) is 31.6 Å². The van der Waals surface area contributed by atoms with Crippen molar-refractivity contribution in [2.24, 2.45) is 0 Å². The van der Waals surface area contributed by atoms with Crippen LogP contribution >= 0.6 is 11.8 Å². The van der Waals surface area contributed by atoms with Crippen molar-refractivity contribution < 1.29 is 18.3 Å². The smallest absolute Gasteiger partial charge is 0.215 e. The van der Waals surface area contributed by atoms with Crippen LogP contribution in [0.25, 0.3) is 11.1 Å². The Morgan fingerprint density at radius 2 is 2.00 bits per heavy atom. The molecule has 3 aromatic rings. The summed E-state index contributed by atoms with van der Waals surface area (Å²) in [6.45, 7) is 2.29. The molecule has 31 heavy (non-hydrogen) atoms. The number of aromatic nitrogens is 2. The van der Waals surface area contributed by atoms with E-state index in [-0.39, 0.29) is 11.9 Å². The van der Waals surface area contributed by atoms with Gasteiger partial charge in [0.25, 0.3) is 0 Å². The van der Waals surface area contributed by atoms with E-state index in [1.54, 1.807) is 17.8 Å². The molecule has 0 spiro atoms. The largest absolute Gasteiger partial charge is 0.490 e. The van der Waals surface area contributed by atoms with Crippen molar-refractivity contribution in [1.29, 1.82) is 0 Å². The van der Waals surface area contributed by atoms with Crippen molar-refractivity contribution in [3.8, 4) is 22.8 Å². The SMILES string of the molecule is CSCc1cc2nc(c1)O[C@H](C)CCCOc1cc(ccc1F)-c1cc(ncc1F)N2. The number of benzene rings is 1. The highest BCUT2D eigenvalue weighted by Crippen LogP contribution is 2.31. The van der Waals surface area contributed by atoms with Gasteiger partial charge >= 0.3 is 0 Å². The maximum Gasteiger partial charge on any atom is 0.215 e. The van der Waals surface area contributed by atoms with Gasteiger partial charge in [0.1, 0.15) is 17.5 Å². The van der Waals surface area contributed by atoms with Gasteiger partial charge in [-0.25, -0.2) is 13.8 Å². The lowest BCUT2D eigenvalue weighted by atomic mass is 10.1. The van der Waals surface area contributed by atoms with Gasteiger partial charge in [-0.3, -0.25) is 0 Å². The molecule has 0 aliphatic carbocycles. The predicted octanol–water partition coefficient (Wildman–Crippen LogP) is 5.97. The first-order valence-electron chi connectivity index (χ1n) is 10.0. The Morgan fingerprint density at radius 1 is 1.13 bits per heavy atom. The van der Waals surface area contributed by atoms with Gasteiger partial charge in [0.05, 0.1) is 18.9 Å². The Morgan fingerprint density at radius 3 is 2.84 bits per heavy atom. The number of rotatable bonds is 2. The quantitative estimate of drug-likeness (QED) is 0.527. The van der Waals surface area contributed by atoms with Gasteiger partial charge in [-0.15, -0.1) is 0 Å². The number of hydrogen-bond acceptors (Lipinski definition) is 6. The van der Waals surface area contributed by atoms with Gasteiger partial charge in [-0.2, -0.15) is 16.7 Å². The minimum atomic E-state index is -0.508. The molecule has 6 bridgehead atoms. The minimum Gasteiger partial charge on any atom is -0.490 e. The van der Waals surface area contributed by atoms with Crippen LogP contribution in [0.15, 0.2) is 42.6 Å². The molecule has 2 aromatic heterocycles. The second kappa shape index (κ2) is 9.51. The van der Waals surface area contributed by atoms with E-state index in [2.05, 4.69) is 15.3 Å². The lowest BCUT2D eigenvalue weighted by Gasteiger charge is -2.17. The number of ether oxygens (including phenoxy) is 2. The fourth-order valence-corrected chi connectivity index (χ4v) is 3.89. The topological polar surface area (TPSA) is 56.3 Å². The van der Waals surface area contributed by atoms with Crippen LogP contribution in [-0.4, -0.2) is 28.9 Å². The van der Waals surface area contributed by atoms with Gasteiger partial charge in [-0.1, -0.05) is 6.07 Å². The van der Waals surface area contributed by atoms with Gasteiger partial charge < -0.3 is 14.8 Å². The molecular formula is C23H23F2N3O2S. The van der Waals surface area contributed by atoms with Crippen LogP contribution in [0.1, 0.15) is 25.3 Å². The highest BCUT2D eigenvalue weighted by atomic mass is 32.2. The van der Waals surface area contributed by atoms with E-state index in [0.717, 1.165) is 17.5 Å². The van der Waals surface area contributed by atoms with Crippen molar-refractivity contribution in [3.05, 3.63) is 59.8 Å². The Hall–Kier alpha value is -2.87. The molecule has 0 radical (unpaired) electrons. The zero-order chi connectivity index (χ0) is 21.8. The van der Waals surface area contributed by atoms with Crippen LogP contribution in [0, 0.1) is 11.6 Å². The predicted molar refractivity (Wildman–Crippen MR) is 119 cm³/mol. The van der Waals surface area contributed by atoms with Crippen LogP contribution in [0.4, 0.5) is 20.4 Å². The average Bonchev–Trinajstić information content (AvgIpc) is 2.73. The van der Waals surface area contributed by atoms with Gasteiger partial charge in [-0.05, 0) is 61.4 Å². The van der Waals surface area contributed by atoms with Crippen LogP contribution < -0.4 is 14.8 Å². The lowest BCUT2D eigenvalue weighted by molar-refractivity contribution is 0.186. The summed E-state index contributed by atoms with van der Waals surface area (Å²) in [6.07, 6.45) is 4.46. The fraction of sp³-hybridized carbons (Fsp3) is 0.304. The first-order chi connectivity index (χ1) is 15.0. The third-order valence-corrected chi connectivity index (χ3v) is 5.48. The molecule has 1 aliphatic rings. The summed E-state index contributed by atoms with van der Waals surface area (Å²) >= 11 is 1.70. The second-order valence-electron chi connectivity index (χ2n) is 7.37. The zero-order valence-corrected chi connectivity index (χ0v) is 18.1. The normalized spacial score (nSPS) is 16.1. The second-order valence-corrected chi connectivity index (χ2v) is 8.24. The monoisotopic (exact) mass is 443 g/mol. The number of hydrogen-bond donors (Lipinski definition) is 1. The first-order valence-corrected chi connectivity index (χ1v) is 11.4. The molecule has 162 valence electrons. The molecule has 3 heterocycles. The van der Waals surface area contributed by atoms with E-state index in [4.69, 9.17) is 9.47 Å². The van der Waals surface area contributed by atoms with Crippen molar-refractivity contribution in [1.82, 2.24) is 9.97 Å².